The van der Waals surface area contributed by atoms with Gasteiger partial charge in [0.15, 0.2) is 11.5 Å². The smallest absolute Gasteiger partial charge is 0.276 e. The molecule has 4 heterocycles. The van der Waals surface area contributed by atoms with Crippen LogP contribution in [0.1, 0.15) is 47.8 Å². The third-order valence-corrected chi connectivity index (χ3v) is 5.65. The zero-order valence-corrected chi connectivity index (χ0v) is 16.0. The Hall–Kier alpha value is -3.23. The number of carbonyl (C=O) groups is 1. The van der Waals surface area contributed by atoms with E-state index in [1.54, 1.807) is 29.2 Å². The van der Waals surface area contributed by atoms with Crippen molar-refractivity contribution in [1.29, 1.82) is 0 Å². The third-order valence-electron chi connectivity index (χ3n) is 5.65. The predicted molar refractivity (Wildman–Crippen MR) is 103 cm³/mol. The Balaban J connectivity index is 1.21. The minimum Gasteiger partial charge on any atom is -0.360 e. The predicted octanol–water partition coefficient (Wildman–Crippen LogP) is 1.85. The van der Waals surface area contributed by atoms with Crippen molar-refractivity contribution in [3.8, 4) is 5.82 Å². The Kier molecular flexibility index (Phi) is 4.49. The Morgan fingerprint density at radius 3 is 2.72 bits per heavy atom. The number of amides is 1. The molecule has 9 heteroatoms. The molecule has 2 aliphatic rings. The minimum atomic E-state index is -0.130. The summed E-state index contributed by atoms with van der Waals surface area (Å²) in [6.07, 6.45) is 7.33. The molecule has 2 fully saturated rings. The van der Waals surface area contributed by atoms with Gasteiger partial charge >= 0.3 is 0 Å². The maximum atomic E-state index is 12.7. The number of aromatic nitrogens is 5. The highest BCUT2D eigenvalue weighted by Gasteiger charge is 2.31. The first-order chi connectivity index (χ1) is 14.2. The van der Waals surface area contributed by atoms with Gasteiger partial charge < -0.3 is 9.42 Å². The number of hydrogen-bond acceptors (Lipinski definition) is 6. The van der Waals surface area contributed by atoms with E-state index in [1.165, 1.54) is 10.7 Å². The highest BCUT2D eigenvalue weighted by atomic mass is 16.5. The zero-order chi connectivity index (χ0) is 19.8. The largest absolute Gasteiger partial charge is 0.360 e. The van der Waals surface area contributed by atoms with E-state index in [1.807, 2.05) is 11.0 Å². The van der Waals surface area contributed by atoms with Gasteiger partial charge in [-0.05, 0) is 43.7 Å². The average Bonchev–Trinajstić information content (AvgIpc) is 3.24. The zero-order valence-electron chi connectivity index (χ0n) is 16.0. The number of carbonyl (C=O) groups excluding carboxylic acids is 1. The number of rotatable bonds is 5. The van der Waals surface area contributed by atoms with Gasteiger partial charge in [0.05, 0.1) is 0 Å². The van der Waals surface area contributed by atoms with Crippen molar-refractivity contribution < 1.29 is 9.32 Å². The summed E-state index contributed by atoms with van der Waals surface area (Å²) < 4.78 is 8.43. The topological polar surface area (TPSA) is 99.1 Å². The lowest BCUT2D eigenvalue weighted by Gasteiger charge is -2.31. The van der Waals surface area contributed by atoms with E-state index in [2.05, 4.69) is 15.4 Å². The van der Waals surface area contributed by atoms with Crippen molar-refractivity contribution in [2.45, 2.75) is 38.1 Å². The maximum absolute atomic E-state index is 12.7. The summed E-state index contributed by atoms with van der Waals surface area (Å²) in [4.78, 5) is 26.7. The van der Waals surface area contributed by atoms with Gasteiger partial charge in [0.25, 0.3) is 11.5 Å². The molecule has 0 aromatic carbocycles. The Bertz CT molecular complexity index is 1060. The van der Waals surface area contributed by atoms with Crippen LogP contribution in [0, 0.1) is 5.92 Å². The average molecular weight is 394 g/mol. The van der Waals surface area contributed by atoms with Crippen LogP contribution < -0.4 is 5.56 Å². The molecule has 0 unspecified atom stereocenters. The first-order valence-corrected chi connectivity index (χ1v) is 10.0. The first-order valence-electron chi connectivity index (χ1n) is 10.0. The van der Waals surface area contributed by atoms with E-state index in [9.17, 15) is 9.59 Å². The van der Waals surface area contributed by atoms with Gasteiger partial charge in [0.1, 0.15) is 5.76 Å². The highest BCUT2D eigenvalue weighted by Crippen LogP contribution is 2.40. The first kappa shape index (κ1) is 17.8. The van der Waals surface area contributed by atoms with Crippen molar-refractivity contribution in [3.63, 3.8) is 0 Å². The molecule has 0 atom stereocenters. The summed E-state index contributed by atoms with van der Waals surface area (Å²) >= 11 is 0. The van der Waals surface area contributed by atoms with E-state index in [0.717, 1.165) is 31.4 Å². The molecule has 29 heavy (non-hydrogen) atoms. The fraction of sp³-hybridized carbons (Fsp3) is 0.450. The van der Waals surface area contributed by atoms with Gasteiger partial charge in [-0.1, -0.05) is 5.16 Å². The molecule has 150 valence electrons. The van der Waals surface area contributed by atoms with Crippen LogP contribution in [0.3, 0.4) is 0 Å². The van der Waals surface area contributed by atoms with Gasteiger partial charge in [-0.2, -0.15) is 5.10 Å². The van der Waals surface area contributed by atoms with Crippen LogP contribution in [0.25, 0.3) is 5.82 Å². The van der Waals surface area contributed by atoms with Gasteiger partial charge in [-0.3, -0.25) is 9.59 Å². The maximum Gasteiger partial charge on any atom is 0.276 e. The summed E-state index contributed by atoms with van der Waals surface area (Å²) in [5.41, 5.74) is 0.268. The molecule has 1 aliphatic carbocycles. The SMILES string of the molecule is O=C(c1cc(C2CC2)on1)N1CCC(Cn2nc(-n3cccn3)ccc2=O)CC1. The molecule has 1 amide bonds. The highest BCUT2D eigenvalue weighted by molar-refractivity contribution is 5.92. The summed E-state index contributed by atoms with van der Waals surface area (Å²) in [6.45, 7) is 1.82. The molecule has 5 rings (SSSR count). The molecular formula is C20H22N6O3. The summed E-state index contributed by atoms with van der Waals surface area (Å²) in [6, 6.07) is 6.79. The summed E-state index contributed by atoms with van der Waals surface area (Å²) in [5.74, 6) is 2.09. The molecule has 0 bridgehead atoms. The second-order valence-electron chi connectivity index (χ2n) is 7.79. The van der Waals surface area contributed by atoms with Crippen LogP contribution in [0.5, 0.6) is 0 Å². The van der Waals surface area contributed by atoms with Crippen molar-refractivity contribution in [2.75, 3.05) is 13.1 Å². The molecule has 0 N–H and O–H groups in total. The monoisotopic (exact) mass is 394 g/mol. The molecule has 3 aromatic rings. The quantitative estimate of drug-likeness (QED) is 0.655. The molecule has 0 spiro atoms. The van der Waals surface area contributed by atoms with Crippen LogP contribution in [0.2, 0.25) is 0 Å². The van der Waals surface area contributed by atoms with Gasteiger partial charge in [-0.25, -0.2) is 9.36 Å². The van der Waals surface area contributed by atoms with Crippen molar-refractivity contribution in [1.82, 2.24) is 29.6 Å². The fourth-order valence-electron chi connectivity index (χ4n) is 3.77. The molecular weight excluding hydrogens is 372 g/mol. The second-order valence-corrected chi connectivity index (χ2v) is 7.79. The lowest BCUT2D eigenvalue weighted by atomic mass is 9.96. The van der Waals surface area contributed by atoms with E-state index < -0.39 is 0 Å². The number of piperidine rings is 1. The second kappa shape index (κ2) is 7.31. The van der Waals surface area contributed by atoms with Crippen LogP contribution >= 0.6 is 0 Å². The number of nitrogens with zero attached hydrogens (tertiary/aromatic N) is 6. The van der Waals surface area contributed by atoms with E-state index in [0.29, 0.717) is 37.1 Å². The van der Waals surface area contributed by atoms with Gasteiger partial charge in [0.2, 0.25) is 0 Å². The lowest BCUT2D eigenvalue weighted by Crippen LogP contribution is -2.40. The lowest BCUT2D eigenvalue weighted by molar-refractivity contribution is 0.0670. The normalized spacial score (nSPS) is 17.6. The standard InChI is InChI=1S/C20H22N6O3/c27-19-5-4-18(25-9-1-8-21-25)22-26(19)13-14-6-10-24(11-7-14)20(28)16-12-17(29-23-16)15-2-3-15/h1,4-5,8-9,12,14-15H,2-3,6-7,10-11,13H2. The van der Waals surface area contributed by atoms with Crippen LogP contribution in [0.4, 0.5) is 0 Å². The van der Waals surface area contributed by atoms with Gasteiger partial charge in [0, 0.05) is 50.1 Å². The van der Waals surface area contributed by atoms with E-state index in [-0.39, 0.29) is 17.4 Å². The Labute approximate surface area is 166 Å². The molecule has 1 saturated heterocycles. The number of hydrogen-bond donors (Lipinski definition) is 0. The van der Waals surface area contributed by atoms with Gasteiger partial charge in [-0.15, -0.1) is 5.10 Å². The summed E-state index contributed by atoms with van der Waals surface area (Å²) in [7, 11) is 0. The minimum absolute atomic E-state index is 0.0740. The van der Waals surface area contributed by atoms with Crippen molar-refractivity contribution in [3.05, 3.63) is 58.5 Å². The van der Waals surface area contributed by atoms with E-state index in [4.69, 9.17) is 4.52 Å². The third kappa shape index (κ3) is 3.72. The summed E-state index contributed by atoms with van der Waals surface area (Å²) in [5, 5.41) is 12.6. The van der Waals surface area contributed by atoms with E-state index >= 15 is 0 Å². The number of likely N-dealkylation sites (tertiary alicyclic amines) is 1. The molecule has 3 aromatic heterocycles. The van der Waals surface area contributed by atoms with Crippen LogP contribution in [0.15, 0.2) is 46.0 Å². The molecule has 1 aliphatic heterocycles. The van der Waals surface area contributed by atoms with Crippen LogP contribution in [-0.2, 0) is 6.54 Å². The Morgan fingerprint density at radius 2 is 2.00 bits per heavy atom. The molecule has 9 nitrogen and oxygen atoms in total. The fourth-order valence-corrected chi connectivity index (χ4v) is 3.77. The molecule has 1 saturated carbocycles. The Morgan fingerprint density at radius 1 is 1.17 bits per heavy atom. The van der Waals surface area contributed by atoms with Crippen molar-refractivity contribution in [2.24, 2.45) is 5.92 Å². The van der Waals surface area contributed by atoms with Crippen molar-refractivity contribution >= 4 is 5.91 Å². The van der Waals surface area contributed by atoms with Crippen LogP contribution in [-0.4, -0.2) is 48.6 Å². The molecule has 0 radical (unpaired) electrons.